The van der Waals surface area contributed by atoms with Crippen LogP contribution in [-0.2, 0) is 10.3 Å². The first kappa shape index (κ1) is 17.7. The fraction of sp³-hybridized carbons (Fsp3) is 0.545. The first-order chi connectivity index (χ1) is 13.6. The van der Waals surface area contributed by atoms with Crippen LogP contribution in [0, 0.1) is 5.92 Å². The van der Waals surface area contributed by atoms with Gasteiger partial charge in [-0.2, -0.15) is 0 Å². The van der Waals surface area contributed by atoms with E-state index in [1.807, 2.05) is 17.2 Å². The normalized spacial score (nSPS) is 28.2. The molecule has 1 unspecified atom stereocenters. The van der Waals surface area contributed by atoms with E-state index in [9.17, 15) is 9.18 Å². The summed E-state index contributed by atoms with van der Waals surface area (Å²) in [4.78, 5) is 22.1. The number of carbonyl (C=O) groups excluding carboxylic acids is 1. The van der Waals surface area contributed by atoms with Gasteiger partial charge in [0.1, 0.15) is 11.7 Å². The molecule has 4 heterocycles. The zero-order chi connectivity index (χ0) is 19.3. The van der Waals surface area contributed by atoms with Crippen molar-refractivity contribution in [3.63, 3.8) is 0 Å². The summed E-state index contributed by atoms with van der Waals surface area (Å²) in [6.45, 7) is 4.55. The zero-order valence-corrected chi connectivity index (χ0v) is 16.4. The third kappa shape index (κ3) is 2.50. The molecule has 5 nitrogen and oxygen atoms in total. The van der Waals surface area contributed by atoms with E-state index in [4.69, 9.17) is 0 Å². The minimum atomic E-state index is -0.795. The quantitative estimate of drug-likeness (QED) is 0.810. The second kappa shape index (κ2) is 6.61. The van der Waals surface area contributed by atoms with Crippen LogP contribution in [0.25, 0.3) is 5.82 Å². The van der Waals surface area contributed by atoms with Gasteiger partial charge in [0.25, 0.3) is 0 Å². The Hall–Kier alpha value is -2.37. The molecule has 28 heavy (non-hydrogen) atoms. The molecule has 1 saturated heterocycles. The molecule has 1 aliphatic carbocycles. The highest BCUT2D eigenvalue weighted by molar-refractivity contribution is 5.81. The van der Waals surface area contributed by atoms with Crippen molar-refractivity contribution < 1.29 is 9.18 Å². The summed E-state index contributed by atoms with van der Waals surface area (Å²) in [6, 6.07) is 8.38. The van der Waals surface area contributed by atoms with Gasteiger partial charge >= 0.3 is 0 Å². The molecule has 2 aromatic heterocycles. The summed E-state index contributed by atoms with van der Waals surface area (Å²) in [5.41, 5.74) is 2.12. The molecule has 1 saturated carbocycles. The number of amides is 1. The highest BCUT2D eigenvalue weighted by Gasteiger charge is 2.51. The first-order valence-electron chi connectivity index (χ1n) is 10.5. The second-order valence-electron chi connectivity index (χ2n) is 8.42. The van der Waals surface area contributed by atoms with E-state index in [0.717, 1.165) is 43.9 Å². The summed E-state index contributed by atoms with van der Waals surface area (Å²) in [6.07, 6.45) is 7.01. The number of halogens is 1. The summed E-state index contributed by atoms with van der Waals surface area (Å²) < 4.78 is 15.5. The first-order valence-corrected chi connectivity index (χ1v) is 10.5. The molecule has 0 aromatic carbocycles. The van der Waals surface area contributed by atoms with E-state index < -0.39 is 6.17 Å². The predicted octanol–water partition coefficient (Wildman–Crippen LogP) is 3.67. The van der Waals surface area contributed by atoms with Crippen LogP contribution < -0.4 is 4.90 Å². The van der Waals surface area contributed by atoms with Gasteiger partial charge < -0.3 is 14.4 Å². The molecule has 2 aliphatic heterocycles. The number of carbonyl (C=O) groups is 1. The Balaban J connectivity index is 1.53. The maximum atomic E-state index is 13.3. The fourth-order valence-corrected chi connectivity index (χ4v) is 5.17. The molecular formula is C22H27FN4O. The van der Waals surface area contributed by atoms with Crippen LogP contribution in [0.4, 0.5) is 10.1 Å². The van der Waals surface area contributed by atoms with Crippen LogP contribution in [0.3, 0.4) is 0 Å². The minimum absolute atomic E-state index is 0.126. The molecule has 1 atom stereocenters. The molecule has 2 aromatic rings. The number of anilines is 1. The van der Waals surface area contributed by atoms with E-state index in [2.05, 4.69) is 45.8 Å². The fourth-order valence-electron chi connectivity index (χ4n) is 5.17. The molecule has 3 aliphatic rings. The Kier molecular flexibility index (Phi) is 4.18. The Morgan fingerprint density at radius 2 is 2.18 bits per heavy atom. The molecule has 2 fully saturated rings. The number of likely N-dealkylation sites (tertiary alicyclic amines) is 1. The Morgan fingerprint density at radius 1 is 1.32 bits per heavy atom. The van der Waals surface area contributed by atoms with Crippen molar-refractivity contribution in [1.29, 1.82) is 0 Å². The maximum Gasteiger partial charge on any atom is 0.225 e. The minimum Gasteiger partial charge on any atom is -0.355 e. The largest absolute Gasteiger partial charge is 0.355 e. The number of nitrogens with zero attached hydrogens (tertiary/aromatic N) is 4. The van der Waals surface area contributed by atoms with Crippen molar-refractivity contribution in [2.45, 2.75) is 50.7 Å². The van der Waals surface area contributed by atoms with Gasteiger partial charge in [0, 0.05) is 37.9 Å². The van der Waals surface area contributed by atoms with Crippen molar-refractivity contribution in [1.82, 2.24) is 14.5 Å². The summed E-state index contributed by atoms with van der Waals surface area (Å²) in [5.74, 6) is 0.975. The van der Waals surface area contributed by atoms with Gasteiger partial charge in [-0.3, -0.25) is 4.79 Å². The molecule has 1 spiro atoms. The lowest BCUT2D eigenvalue weighted by Gasteiger charge is -2.47. The molecular weight excluding hydrogens is 355 g/mol. The number of alkyl halides is 1. The SMILES string of the molecule is CCCCN1c2cccnc2-n2cccc2C12CCN(C(=O)C1CC(F)C1)C2. The summed E-state index contributed by atoms with van der Waals surface area (Å²) in [7, 11) is 0. The van der Waals surface area contributed by atoms with Crippen molar-refractivity contribution in [3.05, 3.63) is 42.4 Å². The van der Waals surface area contributed by atoms with Crippen LogP contribution in [0.15, 0.2) is 36.7 Å². The standard InChI is InChI=1S/C22H27FN4O/c1-2-3-11-27-18-6-4-9-24-20(18)26-10-5-7-19(26)22(27)8-12-25(15-22)21(28)16-13-17(23)14-16/h4-7,9-10,16-17H,2-3,8,11-15H2,1H3. The van der Waals surface area contributed by atoms with Crippen molar-refractivity contribution in [2.75, 3.05) is 24.5 Å². The smallest absolute Gasteiger partial charge is 0.225 e. The molecule has 5 rings (SSSR count). The van der Waals surface area contributed by atoms with Crippen LogP contribution in [0.2, 0.25) is 0 Å². The van der Waals surface area contributed by atoms with Gasteiger partial charge in [-0.25, -0.2) is 9.37 Å². The average Bonchev–Trinajstić information content (AvgIpc) is 3.34. The lowest BCUT2D eigenvalue weighted by atomic mass is 9.82. The lowest BCUT2D eigenvalue weighted by molar-refractivity contribution is -0.139. The third-order valence-electron chi connectivity index (χ3n) is 6.75. The molecule has 0 bridgehead atoms. The predicted molar refractivity (Wildman–Crippen MR) is 106 cm³/mol. The summed E-state index contributed by atoms with van der Waals surface area (Å²) >= 11 is 0. The van der Waals surface area contributed by atoms with Gasteiger partial charge in [0.2, 0.25) is 5.91 Å². The number of hydrogen-bond donors (Lipinski definition) is 0. The van der Waals surface area contributed by atoms with Crippen LogP contribution in [-0.4, -0.2) is 46.2 Å². The van der Waals surface area contributed by atoms with Crippen molar-refractivity contribution in [3.8, 4) is 5.82 Å². The molecule has 0 N–H and O–H groups in total. The summed E-state index contributed by atoms with van der Waals surface area (Å²) in [5, 5.41) is 0. The van der Waals surface area contributed by atoms with E-state index >= 15 is 0 Å². The number of fused-ring (bicyclic) bond motifs is 4. The molecule has 1 amide bonds. The number of pyridine rings is 1. The Morgan fingerprint density at radius 3 is 2.96 bits per heavy atom. The third-order valence-corrected chi connectivity index (χ3v) is 6.75. The number of rotatable bonds is 4. The van der Waals surface area contributed by atoms with Gasteiger partial charge in [-0.05, 0) is 49.9 Å². The van der Waals surface area contributed by atoms with Gasteiger partial charge in [-0.15, -0.1) is 0 Å². The maximum absolute atomic E-state index is 13.3. The van der Waals surface area contributed by atoms with Crippen molar-refractivity contribution >= 4 is 11.6 Å². The second-order valence-corrected chi connectivity index (χ2v) is 8.42. The van der Waals surface area contributed by atoms with Gasteiger partial charge in [-0.1, -0.05) is 13.3 Å². The average molecular weight is 382 g/mol. The van der Waals surface area contributed by atoms with Crippen LogP contribution in [0.5, 0.6) is 0 Å². The number of aromatic nitrogens is 2. The highest BCUT2D eigenvalue weighted by Crippen LogP contribution is 2.47. The van der Waals surface area contributed by atoms with Gasteiger partial charge in [0.15, 0.2) is 5.82 Å². The Labute approximate surface area is 165 Å². The Bertz CT molecular complexity index is 890. The van der Waals surface area contributed by atoms with E-state index in [1.54, 1.807) is 0 Å². The molecule has 6 heteroatoms. The van der Waals surface area contributed by atoms with Gasteiger partial charge in [0.05, 0.1) is 11.4 Å². The molecule has 148 valence electrons. The number of unbranched alkanes of at least 4 members (excludes halogenated alkanes) is 1. The highest BCUT2D eigenvalue weighted by atomic mass is 19.1. The molecule has 0 radical (unpaired) electrons. The topological polar surface area (TPSA) is 41.4 Å². The zero-order valence-electron chi connectivity index (χ0n) is 16.4. The van der Waals surface area contributed by atoms with Crippen LogP contribution >= 0.6 is 0 Å². The lowest BCUT2D eigenvalue weighted by Crippen LogP contribution is -2.53. The monoisotopic (exact) mass is 382 g/mol. The van der Waals surface area contributed by atoms with E-state index in [1.165, 1.54) is 5.69 Å². The van der Waals surface area contributed by atoms with Crippen molar-refractivity contribution in [2.24, 2.45) is 5.92 Å². The number of hydrogen-bond acceptors (Lipinski definition) is 3. The van der Waals surface area contributed by atoms with E-state index in [0.29, 0.717) is 19.4 Å². The van der Waals surface area contributed by atoms with Crippen LogP contribution in [0.1, 0.15) is 44.7 Å². The van der Waals surface area contributed by atoms with E-state index in [-0.39, 0.29) is 17.4 Å².